The first-order valence-electron chi connectivity index (χ1n) is 5.69. The van der Waals surface area contributed by atoms with E-state index in [-0.39, 0.29) is 0 Å². The standard InChI is InChI=1S/C11H24N2/c1-4-10(5-2)8-13-7-6-11(9-13)12-3/h10-12H,4-9H2,1-3H3. The Labute approximate surface area is 82.7 Å². The van der Waals surface area contributed by atoms with Crippen molar-refractivity contribution in [1.82, 2.24) is 10.2 Å². The van der Waals surface area contributed by atoms with Crippen LogP contribution in [0.15, 0.2) is 0 Å². The fourth-order valence-electron chi connectivity index (χ4n) is 2.15. The lowest BCUT2D eigenvalue weighted by molar-refractivity contribution is 0.263. The predicted octanol–water partition coefficient (Wildman–Crippen LogP) is 1.72. The topological polar surface area (TPSA) is 15.3 Å². The second kappa shape index (κ2) is 5.61. The molecule has 0 aromatic heterocycles. The maximum absolute atomic E-state index is 3.36. The van der Waals surface area contributed by atoms with Crippen LogP contribution in [0, 0.1) is 5.92 Å². The van der Waals surface area contributed by atoms with Gasteiger partial charge in [0.25, 0.3) is 0 Å². The Bertz CT molecular complexity index is 132. The average molecular weight is 184 g/mol. The van der Waals surface area contributed by atoms with Crippen LogP contribution >= 0.6 is 0 Å². The number of nitrogens with zero attached hydrogens (tertiary/aromatic N) is 1. The Morgan fingerprint density at radius 1 is 1.38 bits per heavy atom. The van der Waals surface area contributed by atoms with Crippen molar-refractivity contribution in [1.29, 1.82) is 0 Å². The van der Waals surface area contributed by atoms with Gasteiger partial charge in [-0.2, -0.15) is 0 Å². The van der Waals surface area contributed by atoms with Gasteiger partial charge in [-0.3, -0.25) is 0 Å². The molecule has 0 spiro atoms. The minimum atomic E-state index is 0.745. The molecule has 1 aliphatic heterocycles. The second-order valence-electron chi connectivity index (χ2n) is 4.22. The van der Waals surface area contributed by atoms with E-state index in [0.29, 0.717) is 0 Å². The zero-order valence-corrected chi connectivity index (χ0v) is 9.34. The zero-order valence-electron chi connectivity index (χ0n) is 9.34. The van der Waals surface area contributed by atoms with Crippen molar-refractivity contribution >= 4 is 0 Å². The lowest BCUT2D eigenvalue weighted by atomic mass is 10.0. The number of hydrogen-bond acceptors (Lipinski definition) is 2. The van der Waals surface area contributed by atoms with Crippen LogP contribution in [0.4, 0.5) is 0 Å². The number of hydrogen-bond donors (Lipinski definition) is 1. The highest BCUT2D eigenvalue weighted by Crippen LogP contribution is 2.15. The molecule has 78 valence electrons. The van der Waals surface area contributed by atoms with Crippen molar-refractivity contribution < 1.29 is 0 Å². The molecule has 2 nitrogen and oxygen atoms in total. The van der Waals surface area contributed by atoms with E-state index in [0.717, 1.165) is 12.0 Å². The van der Waals surface area contributed by atoms with Gasteiger partial charge in [0.2, 0.25) is 0 Å². The molecule has 13 heavy (non-hydrogen) atoms. The highest BCUT2D eigenvalue weighted by atomic mass is 15.2. The highest BCUT2D eigenvalue weighted by molar-refractivity contribution is 4.80. The van der Waals surface area contributed by atoms with Crippen molar-refractivity contribution in [3.8, 4) is 0 Å². The van der Waals surface area contributed by atoms with E-state index >= 15 is 0 Å². The molecule has 0 saturated carbocycles. The van der Waals surface area contributed by atoms with E-state index in [1.54, 1.807) is 0 Å². The largest absolute Gasteiger partial charge is 0.316 e. The first kappa shape index (κ1) is 11.0. The van der Waals surface area contributed by atoms with E-state index in [2.05, 4.69) is 31.1 Å². The molecule has 0 amide bonds. The minimum Gasteiger partial charge on any atom is -0.316 e. The smallest absolute Gasteiger partial charge is 0.0204 e. The van der Waals surface area contributed by atoms with Crippen molar-refractivity contribution in [3.63, 3.8) is 0 Å². The fourth-order valence-corrected chi connectivity index (χ4v) is 2.15. The summed E-state index contributed by atoms with van der Waals surface area (Å²) in [7, 11) is 2.07. The van der Waals surface area contributed by atoms with Crippen LogP contribution in [0.2, 0.25) is 0 Å². The van der Waals surface area contributed by atoms with Crippen molar-refractivity contribution in [2.45, 2.75) is 39.2 Å². The summed E-state index contributed by atoms with van der Waals surface area (Å²) in [5.74, 6) is 0.913. The van der Waals surface area contributed by atoms with Crippen molar-refractivity contribution in [2.24, 2.45) is 5.92 Å². The molecule has 1 aliphatic rings. The summed E-state index contributed by atoms with van der Waals surface area (Å²) < 4.78 is 0. The van der Waals surface area contributed by atoms with Gasteiger partial charge in [0.1, 0.15) is 0 Å². The van der Waals surface area contributed by atoms with Gasteiger partial charge in [0, 0.05) is 19.1 Å². The summed E-state index contributed by atoms with van der Waals surface area (Å²) >= 11 is 0. The number of nitrogens with one attached hydrogen (secondary N) is 1. The third-order valence-corrected chi connectivity index (χ3v) is 3.35. The highest BCUT2D eigenvalue weighted by Gasteiger charge is 2.22. The van der Waals surface area contributed by atoms with Gasteiger partial charge in [-0.25, -0.2) is 0 Å². The van der Waals surface area contributed by atoms with Gasteiger partial charge in [0.05, 0.1) is 0 Å². The molecule has 1 atom stereocenters. The molecular formula is C11H24N2. The lowest BCUT2D eigenvalue weighted by Crippen LogP contribution is -2.32. The molecule has 0 aromatic rings. The van der Waals surface area contributed by atoms with Crippen LogP contribution in [0.3, 0.4) is 0 Å². The van der Waals surface area contributed by atoms with Crippen LogP contribution in [-0.2, 0) is 0 Å². The maximum atomic E-state index is 3.36. The molecule has 0 radical (unpaired) electrons. The van der Waals surface area contributed by atoms with Gasteiger partial charge in [-0.1, -0.05) is 26.7 Å². The van der Waals surface area contributed by atoms with Crippen LogP contribution in [0.25, 0.3) is 0 Å². The monoisotopic (exact) mass is 184 g/mol. The van der Waals surface area contributed by atoms with Gasteiger partial charge in [-0.15, -0.1) is 0 Å². The Hall–Kier alpha value is -0.0800. The van der Waals surface area contributed by atoms with Crippen LogP contribution in [0.1, 0.15) is 33.1 Å². The van der Waals surface area contributed by atoms with Gasteiger partial charge < -0.3 is 10.2 Å². The van der Waals surface area contributed by atoms with Gasteiger partial charge >= 0.3 is 0 Å². The number of rotatable bonds is 5. The molecule has 1 saturated heterocycles. The quantitative estimate of drug-likeness (QED) is 0.700. The molecule has 0 aromatic carbocycles. The Balaban J connectivity index is 2.22. The SMILES string of the molecule is CCC(CC)CN1CCC(NC)C1. The second-order valence-corrected chi connectivity index (χ2v) is 4.22. The summed E-state index contributed by atoms with van der Waals surface area (Å²) in [4.78, 5) is 2.61. The molecule has 1 N–H and O–H groups in total. The summed E-state index contributed by atoms with van der Waals surface area (Å²) in [6.45, 7) is 8.47. The van der Waals surface area contributed by atoms with Gasteiger partial charge in [-0.05, 0) is 25.9 Å². The minimum absolute atomic E-state index is 0.745. The first-order chi connectivity index (χ1) is 6.30. The van der Waals surface area contributed by atoms with E-state index in [9.17, 15) is 0 Å². The number of likely N-dealkylation sites (tertiary alicyclic amines) is 1. The van der Waals surface area contributed by atoms with E-state index < -0.39 is 0 Å². The van der Waals surface area contributed by atoms with Crippen LogP contribution in [-0.4, -0.2) is 37.6 Å². The normalized spacial score (nSPS) is 24.5. The van der Waals surface area contributed by atoms with Crippen molar-refractivity contribution in [2.75, 3.05) is 26.7 Å². The third kappa shape index (κ3) is 3.28. The molecule has 1 rings (SSSR count). The van der Waals surface area contributed by atoms with Crippen molar-refractivity contribution in [3.05, 3.63) is 0 Å². The summed E-state index contributed by atoms with van der Waals surface area (Å²) in [5, 5.41) is 3.36. The van der Waals surface area contributed by atoms with Crippen LogP contribution < -0.4 is 5.32 Å². The van der Waals surface area contributed by atoms with E-state index in [1.165, 1.54) is 38.9 Å². The molecule has 1 unspecified atom stereocenters. The Kier molecular flexibility index (Phi) is 4.74. The third-order valence-electron chi connectivity index (χ3n) is 3.35. The first-order valence-corrected chi connectivity index (χ1v) is 5.69. The molecule has 2 heteroatoms. The van der Waals surface area contributed by atoms with E-state index in [4.69, 9.17) is 0 Å². The molecule has 1 heterocycles. The molecule has 0 bridgehead atoms. The Morgan fingerprint density at radius 2 is 2.08 bits per heavy atom. The lowest BCUT2D eigenvalue weighted by Gasteiger charge is -2.21. The Morgan fingerprint density at radius 3 is 2.54 bits per heavy atom. The fraction of sp³-hybridized carbons (Fsp3) is 1.00. The average Bonchev–Trinajstić information content (AvgIpc) is 2.61. The van der Waals surface area contributed by atoms with E-state index in [1.807, 2.05) is 0 Å². The summed E-state index contributed by atoms with van der Waals surface area (Å²) in [6.07, 6.45) is 3.99. The van der Waals surface area contributed by atoms with Crippen LogP contribution in [0.5, 0.6) is 0 Å². The molecule has 0 aliphatic carbocycles. The predicted molar refractivity (Wildman–Crippen MR) is 58.0 cm³/mol. The maximum Gasteiger partial charge on any atom is 0.0204 e. The zero-order chi connectivity index (χ0) is 9.68. The molecule has 1 fully saturated rings. The van der Waals surface area contributed by atoms with Gasteiger partial charge in [0.15, 0.2) is 0 Å². The number of likely N-dealkylation sites (N-methyl/N-ethyl adjacent to an activating group) is 1. The molecular weight excluding hydrogens is 160 g/mol. The summed E-state index contributed by atoms with van der Waals surface area (Å²) in [6, 6.07) is 0.745. The summed E-state index contributed by atoms with van der Waals surface area (Å²) in [5.41, 5.74) is 0.